The van der Waals surface area contributed by atoms with Gasteiger partial charge in [-0.05, 0) is 51.3 Å². The zero-order valence-corrected chi connectivity index (χ0v) is 13.7. The van der Waals surface area contributed by atoms with Crippen LogP contribution < -0.4 is 9.80 Å². The predicted molar refractivity (Wildman–Crippen MR) is 92.1 cm³/mol. The van der Waals surface area contributed by atoms with Gasteiger partial charge in [-0.25, -0.2) is 9.97 Å². The first kappa shape index (κ1) is 14.8. The average molecular weight is 296 g/mol. The molecular weight excluding hydrogens is 272 g/mol. The first-order valence-electron chi connectivity index (χ1n) is 8.12. The second kappa shape index (κ2) is 6.34. The average Bonchev–Trinajstić information content (AvgIpc) is 3.02. The van der Waals surface area contributed by atoms with Gasteiger partial charge in [-0.1, -0.05) is 12.1 Å². The van der Waals surface area contributed by atoms with Crippen LogP contribution in [0.25, 0.3) is 0 Å². The number of aryl methyl sites for hydroxylation is 2. The molecule has 1 aliphatic heterocycles. The van der Waals surface area contributed by atoms with Crippen LogP contribution in [0.2, 0.25) is 0 Å². The van der Waals surface area contributed by atoms with E-state index in [-0.39, 0.29) is 0 Å². The van der Waals surface area contributed by atoms with E-state index < -0.39 is 0 Å². The topological polar surface area (TPSA) is 32.3 Å². The highest BCUT2D eigenvalue weighted by Crippen LogP contribution is 2.28. The molecule has 0 aliphatic carbocycles. The Morgan fingerprint density at radius 2 is 1.86 bits per heavy atom. The van der Waals surface area contributed by atoms with E-state index >= 15 is 0 Å². The van der Waals surface area contributed by atoms with Crippen molar-refractivity contribution >= 4 is 17.3 Å². The molecule has 0 amide bonds. The van der Waals surface area contributed by atoms with Crippen LogP contribution in [-0.2, 0) is 0 Å². The van der Waals surface area contributed by atoms with Crippen molar-refractivity contribution in [3.63, 3.8) is 0 Å². The quantitative estimate of drug-likeness (QED) is 0.858. The molecule has 0 unspecified atom stereocenters. The molecule has 4 heteroatoms. The first-order chi connectivity index (χ1) is 10.7. The number of benzene rings is 1. The maximum absolute atomic E-state index is 4.67. The molecule has 3 rings (SSSR count). The lowest BCUT2D eigenvalue weighted by atomic mass is 10.2. The summed E-state index contributed by atoms with van der Waals surface area (Å²) in [7, 11) is 0. The predicted octanol–water partition coefficient (Wildman–Crippen LogP) is 3.85. The van der Waals surface area contributed by atoms with Crippen LogP contribution in [0.1, 0.15) is 31.2 Å². The Morgan fingerprint density at radius 3 is 2.55 bits per heavy atom. The SMILES string of the molecule is CCN(c1cccc(C)c1)c1cc(N2CCCC2)nc(C)n1. The first-order valence-corrected chi connectivity index (χ1v) is 8.12. The van der Waals surface area contributed by atoms with Crippen molar-refractivity contribution in [3.8, 4) is 0 Å². The normalized spacial score (nSPS) is 14.4. The Kier molecular flexibility index (Phi) is 4.27. The maximum atomic E-state index is 4.67. The lowest BCUT2D eigenvalue weighted by Gasteiger charge is -2.25. The van der Waals surface area contributed by atoms with Crippen LogP contribution in [0.5, 0.6) is 0 Å². The van der Waals surface area contributed by atoms with E-state index in [2.05, 4.69) is 63.9 Å². The molecular formula is C18H24N4. The summed E-state index contributed by atoms with van der Waals surface area (Å²) in [5, 5.41) is 0. The van der Waals surface area contributed by atoms with E-state index in [9.17, 15) is 0 Å². The summed E-state index contributed by atoms with van der Waals surface area (Å²) in [6, 6.07) is 10.7. The van der Waals surface area contributed by atoms with Crippen molar-refractivity contribution in [2.75, 3.05) is 29.4 Å². The van der Waals surface area contributed by atoms with Gasteiger partial charge in [0.25, 0.3) is 0 Å². The molecule has 2 heterocycles. The van der Waals surface area contributed by atoms with Crippen molar-refractivity contribution < 1.29 is 0 Å². The molecule has 1 aromatic carbocycles. The Labute approximate surface area is 132 Å². The van der Waals surface area contributed by atoms with Gasteiger partial charge in [0.05, 0.1) is 0 Å². The summed E-state index contributed by atoms with van der Waals surface area (Å²) in [6.45, 7) is 9.36. The fourth-order valence-corrected chi connectivity index (χ4v) is 3.06. The van der Waals surface area contributed by atoms with Crippen LogP contribution in [-0.4, -0.2) is 29.6 Å². The highest BCUT2D eigenvalue weighted by molar-refractivity contribution is 5.63. The van der Waals surface area contributed by atoms with Gasteiger partial charge >= 0.3 is 0 Å². The molecule has 1 saturated heterocycles. The smallest absolute Gasteiger partial charge is 0.138 e. The highest BCUT2D eigenvalue weighted by Gasteiger charge is 2.17. The largest absolute Gasteiger partial charge is 0.356 e. The molecule has 0 saturated carbocycles. The van der Waals surface area contributed by atoms with Gasteiger partial charge in [0.2, 0.25) is 0 Å². The zero-order valence-electron chi connectivity index (χ0n) is 13.7. The van der Waals surface area contributed by atoms with Crippen LogP contribution in [0.4, 0.5) is 17.3 Å². The summed E-state index contributed by atoms with van der Waals surface area (Å²) in [6.07, 6.45) is 2.52. The molecule has 1 fully saturated rings. The van der Waals surface area contributed by atoms with Crippen molar-refractivity contribution in [2.24, 2.45) is 0 Å². The Morgan fingerprint density at radius 1 is 1.09 bits per heavy atom. The molecule has 2 aromatic rings. The van der Waals surface area contributed by atoms with E-state index in [1.807, 2.05) is 6.92 Å². The minimum Gasteiger partial charge on any atom is -0.356 e. The maximum Gasteiger partial charge on any atom is 0.138 e. The third-order valence-corrected chi connectivity index (χ3v) is 4.15. The van der Waals surface area contributed by atoms with Crippen molar-refractivity contribution in [2.45, 2.75) is 33.6 Å². The summed E-state index contributed by atoms with van der Waals surface area (Å²) in [4.78, 5) is 13.9. The number of aromatic nitrogens is 2. The van der Waals surface area contributed by atoms with Gasteiger partial charge in [-0.3, -0.25) is 0 Å². The highest BCUT2D eigenvalue weighted by atomic mass is 15.2. The van der Waals surface area contributed by atoms with Crippen molar-refractivity contribution in [3.05, 3.63) is 41.7 Å². The van der Waals surface area contributed by atoms with E-state index in [1.165, 1.54) is 24.1 Å². The third-order valence-electron chi connectivity index (χ3n) is 4.15. The fourth-order valence-electron chi connectivity index (χ4n) is 3.06. The monoisotopic (exact) mass is 296 g/mol. The molecule has 0 bridgehead atoms. The van der Waals surface area contributed by atoms with E-state index in [0.717, 1.165) is 37.1 Å². The van der Waals surface area contributed by atoms with Crippen molar-refractivity contribution in [1.29, 1.82) is 0 Å². The third kappa shape index (κ3) is 3.06. The molecule has 4 nitrogen and oxygen atoms in total. The molecule has 1 aliphatic rings. The number of anilines is 3. The van der Waals surface area contributed by atoms with Gasteiger partial charge in [0, 0.05) is 31.4 Å². The summed E-state index contributed by atoms with van der Waals surface area (Å²) >= 11 is 0. The minimum atomic E-state index is 0.838. The van der Waals surface area contributed by atoms with Crippen LogP contribution in [0.15, 0.2) is 30.3 Å². The van der Waals surface area contributed by atoms with Crippen LogP contribution in [0, 0.1) is 13.8 Å². The second-order valence-electron chi connectivity index (χ2n) is 5.91. The van der Waals surface area contributed by atoms with E-state index in [0.29, 0.717) is 0 Å². The number of nitrogens with zero attached hydrogens (tertiary/aromatic N) is 4. The number of hydrogen-bond donors (Lipinski definition) is 0. The van der Waals surface area contributed by atoms with Gasteiger partial charge in [-0.15, -0.1) is 0 Å². The lowest BCUT2D eigenvalue weighted by Crippen LogP contribution is -2.22. The molecule has 0 N–H and O–H groups in total. The number of rotatable bonds is 4. The second-order valence-corrected chi connectivity index (χ2v) is 5.91. The zero-order chi connectivity index (χ0) is 15.5. The summed E-state index contributed by atoms with van der Waals surface area (Å²) in [5.41, 5.74) is 2.45. The lowest BCUT2D eigenvalue weighted by molar-refractivity contribution is 0.893. The fraction of sp³-hybridized carbons (Fsp3) is 0.444. The summed E-state index contributed by atoms with van der Waals surface area (Å²) in [5.74, 6) is 2.89. The minimum absolute atomic E-state index is 0.838. The molecule has 1 aromatic heterocycles. The van der Waals surface area contributed by atoms with Gasteiger partial charge in [0.15, 0.2) is 0 Å². The Balaban J connectivity index is 1.98. The Hall–Kier alpha value is -2.10. The molecule has 0 atom stereocenters. The van der Waals surface area contributed by atoms with E-state index in [1.54, 1.807) is 0 Å². The molecule has 0 spiro atoms. The Bertz CT molecular complexity index is 647. The molecule has 116 valence electrons. The van der Waals surface area contributed by atoms with Gasteiger partial charge in [0.1, 0.15) is 17.5 Å². The van der Waals surface area contributed by atoms with E-state index in [4.69, 9.17) is 0 Å². The van der Waals surface area contributed by atoms with Crippen LogP contribution >= 0.6 is 0 Å². The molecule has 22 heavy (non-hydrogen) atoms. The number of hydrogen-bond acceptors (Lipinski definition) is 4. The standard InChI is InChI=1S/C18H24N4/c1-4-22(16-9-7-8-14(2)12-16)18-13-17(19-15(3)20-18)21-10-5-6-11-21/h7-9,12-13H,4-6,10-11H2,1-3H3. The van der Waals surface area contributed by atoms with Gasteiger partial charge < -0.3 is 9.80 Å². The van der Waals surface area contributed by atoms with Crippen molar-refractivity contribution in [1.82, 2.24) is 9.97 Å². The van der Waals surface area contributed by atoms with Gasteiger partial charge in [-0.2, -0.15) is 0 Å². The summed E-state index contributed by atoms with van der Waals surface area (Å²) < 4.78 is 0. The van der Waals surface area contributed by atoms with Crippen LogP contribution in [0.3, 0.4) is 0 Å². The molecule has 0 radical (unpaired) electrons.